The first-order chi connectivity index (χ1) is 15.2. The van der Waals surface area contributed by atoms with E-state index in [1.165, 1.54) is 22.0 Å². The first-order valence-electron chi connectivity index (χ1n) is 11.1. The number of aryl methyl sites for hydroxylation is 1. The van der Waals surface area contributed by atoms with Gasteiger partial charge in [-0.3, -0.25) is 10.2 Å². The normalized spacial score (nSPS) is 13.6. The van der Waals surface area contributed by atoms with Crippen LogP contribution in [0, 0.1) is 18.3 Å². The van der Waals surface area contributed by atoms with Crippen LogP contribution >= 0.6 is 0 Å². The fourth-order valence-corrected chi connectivity index (χ4v) is 3.46. The van der Waals surface area contributed by atoms with Crippen LogP contribution < -0.4 is 15.1 Å². The molecule has 1 aliphatic rings. The molecule has 2 heterocycles. The molecule has 0 atom stereocenters. The molecule has 1 fully saturated rings. The molecular weight excluding hydrogens is 418 g/mol. The summed E-state index contributed by atoms with van der Waals surface area (Å²) < 4.78 is 14.3. The second-order valence-electron chi connectivity index (χ2n) is 9.49. The zero-order chi connectivity index (χ0) is 23.0. The quantitative estimate of drug-likeness (QED) is 0.513. The zero-order valence-electron chi connectivity index (χ0n) is 19.4. The summed E-state index contributed by atoms with van der Waals surface area (Å²) >= 11 is 0. The van der Waals surface area contributed by atoms with Gasteiger partial charge in [0.1, 0.15) is 12.3 Å². The summed E-state index contributed by atoms with van der Waals surface area (Å²) in [6.45, 7) is 11.2. The molecule has 8 nitrogen and oxygen atoms in total. The molecule has 0 spiro atoms. The van der Waals surface area contributed by atoms with Gasteiger partial charge in [0.2, 0.25) is 11.5 Å². The largest absolute Gasteiger partial charge is 0.493 e. The van der Waals surface area contributed by atoms with Gasteiger partial charge in [0.15, 0.2) is 11.4 Å². The standard InChI is InChI=1S/C24H31N5O3.CH4/c1-6-31-21-9-15(2)22-27-28(23(25)29(22)26-21)13-20(30)17-10-18(24(3,4)5)12-19(11-17)32-14-16-7-8-16;/h9-12,16,25H,6-8,13-14H2,1-5H3;1H4. The average molecular weight is 454 g/mol. The van der Waals surface area contributed by atoms with Crippen molar-refractivity contribution in [2.75, 3.05) is 13.2 Å². The predicted molar refractivity (Wildman–Crippen MR) is 127 cm³/mol. The molecule has 8 heteroatoms. The Balaban J connectivity index is 0.00000306. The Morgan fingerprint density at radius 2 is 1.88 bits per heavy atom. The van der Waals surface area contributed by atoms with Crippen molar-refractivity contribution in [2.24, 2.45) is 5.92 Å². The van der Waals surface area contributed by atoms with Gasteiger partial charge in [-0.1, -0.05) is 28.2 Å². The number of fused-ring (bicyclic) bond motifs is 1. The fraction of sp³-hybridized carbons (Fsp3) is 0.520. The van der Waals surface area contributed by atoms with Crippen LogP contribution in [0.4, 0.5) is 0 Å². The molecule has 1 saturated carbocycles. The summed E-state index contributed by atoms with van der Waals surface area (Å²) in [5, 5.41) is 17.3. The first kappa shape index (κ1) is 24.5. The van der Waals surface area contributed by atoms with E-state index in [1.807, 2.05) is 26.0 Å². The van der Waals surface area contributed by atoms with E-state index in [2.05, 4.69) is 31.0 Å². The number of carbonyl (C=O) groups excluding carboxylic acids is 1. The van der Waals surface area contributed by atoms with Crippen molar-refractivity contribution in [1.82, 2.24) is 19.4 Å². The molecule has 0 bridgehead atoms. The monoisotopic (exact) mass is 453 g/mol. The van der Waals surface area contributed by atoms with Crippen LogP contribution in [0.15, 0.2) is 24.3 Å². The van der Waals surface area contributed by atoms with Crippen molar-refractivity contribution in [3.05, 3.63) is 46.6 Å². The van der Waals surface area contributed by atoms with E-state index >= 15 is 0 Å². The topological polar surface area (TPSA) is 94.5 Å². The van der Waals surface area contributed by atoms with Gasteiger partial charge in [-0.2, -0.15) is 4.52 Å². The van der Waals surface area contributed by atoms with Crippen LogP contribution in [0.1, 0.15) is 69.4 Å². The Hall–Kier alpha value is -3.16. The van der Waals surface area contributed by atoms with E-state index in [0.717, 1.165) is 16.9 Å². The van der Waals surface area contributed by atoms with Gasteiger partial charge < -0.3 is 9.47 Å². The summed E-state index contributed by atoms with van der Waals surface area (Å²) in [5.74, 6) is 1.65. The Bertz CT molecular complexity index is 1220. The molecule has 1 N–H and O–H groups in total. The van der Waals surface area contributed by atoms with Crippen LogP contribution in [0.2, 0.25) is 0 Å². The number of ether oxygens (including phenoxy) is 2. The lowest BCUT2D eigenvalue weighted by Gasteiger charge is -2.21. The third-order valence-corrected chi connectivity index (χ3v) is 5.62. The Kier molecular flexibility index (Phi) is 6.95. The number of nitrogens with one attached hydrogen (secondary N) is 1. The van der Waals surface area contributed by atoms with E-state index < -0.39 is 0 Å². The van der Waals surface area contributed by atoms with Crippen molar-refractivity contribution < 1.29 is 14.3 Å². The number of ketones is 1. The molecule has 2 aromatic heterocycles. The second-order valence-corrected chi connectivity index (χ2v) is 9.49. The number of hydrogen-bond donors (Lipinski definition) is 1. The van der Waals surface area contributed by atoms with E-state index in [9.17, 15) is 4.79 Å². The highest BCUT2D eigenvalue weighted by Gasteiger charge is 2.23. The van der Waals surface area contributed by atoms with Crippen molar-refractivity contribution in [3.63, 3.8) is 0 Å². The molecule has 1 aromatic carbocycles. The minimum Gasteiger partial charge on any atom is -0.493 e. The van der Waals surface area contributed by atoms with Crippen molar-refractivity contribution >= 4 is 11.4 Å². The van der Waals surface area contributed by atoms with Gasteiger partial charge in [0.05, 0.1) is 13.2 Å². The van der Waals surface area contributed by atoms with Crippen LogP contribution in [-0.2, 0) is 12.0 Å². The SMILES string of the molecule is C.CCOc1cc(C)c2nn(CC(=O)c3cc(OCC4CC4)cc(C(C)(C)C)c3)c(=N)n2n1. The van der Waals surface area contributed by atoms with Crippen molar-refractivity contribution in [2.45, 2.75) is 66.8 Å². The van der Waals surface area contributed by atoms with Gasteiger partial charge in [0.25, 0.3) is 0 Å². The number of rotatable bonds is 8. The van der Waals surface area contributed by atoms with Crippen LogP contribution in [0.3, 0.4) is 0 Å². The summed E-state index contributed by atoms with van der Waals surface area (Å²) in [6, 6.07) is 7.53. The summed E-state index contributed by atoms with van der Waals surface area (Å²) in [7, 11) is 0. The lowest BCUT2D eigenvalue weighted by molar-refractivity contribution is 0.0965. The summed E-state index contributed by atoms with van der Waals surface area (Å²) in [5.41, 5.74) is 2.86. The third kappa shape index (κ3) is 5.43. The summed E-state index contributed by atoms with van der Waals surface area (Å²) in [6.07, 6.45) is 2.42. The van der Waals surface area contributed by atoms with E-state index in [0.29, 0.717) is 36.2 Å². The Morgan fingerprint density at radius 1 is 1.15 bits per heavy atom. The molecular formula is C25H35N5O3. The predicted octanol–water partition coefficient (Wildman–Crippen LogP) is 4.32. The van der Waals surface area contributed by atoms with Gasteiger partial charge in [-0.15, -0.1) is 10.2 Å². The maximum Gasteiger partial charge on any atom is 0.242 e. The lowest BCUT2D eigenvalue weighted by Crippen LogP contribution is -2.26. The minimum atomic E-state index is -0.128. The number of aromatic nitrogens is 4. The van der Waals surface area contributed by atoms with Crippen LogP contribution in [0.25, 0.3) is 5.65 Å². The van der Waals surface area contributed by atoms with E-state index in [-0.39, 0.29) is 30.8 Å². The van der Waals surface area contributed by atoms with Gasteiger partial charge in [-0.05, 0) is 61.8 Å². The molecule has 4 rings (SSSR count). The highest BCUT2D eigenvalue weighted by molar-refractivity contribution is 5.96. The molecule has 0 amide bonds. The number of carbonyl (C=O) groups is 1. The van der Waals surface area contributed by atoms with Gasteiger partial charge in [0, 0.05) is 17.2 Å². The zero-order valence-corrected chi connectivity index (χ0v) is 19.4. The van der Waals surface area contributed by atoms with E-state index in [4.69, 9.17) is 14.9 Å². The van der Waals surface area contributed by atoms with Crippen LogP contribution in [-0.4, -0.2) is 38.4 Å². The lowest BCUT2D eigenvalue weighted by atomic mass is 9.85. The van der Waals surface area contributed by atoms with Gasteiger partial charge in [-0.25, -0.2) is 4.68 Å². The fourth-order valence-electron chi connectivity index (χ4n) is 3.46. The number of Topliss-reactive ketones (excluding diaryl/α,β-unsaturated/α-hetero) is 1. The highest BCUT2D eigenvalue weighted by atomic mass is 16.5. The summed E-state index contributed by atoms with van der Waals surface area (Å²) in [4.78, 5) is 13.2. The first-order valence-corrected chi connectivity index (χ1v) is 11.1. The molecule has 0 unspecified atom stereocenters. The highest BCUT2D eigenvalue weighted by Crippen LogP contribution is 2.32. The molecule has 0 saturated heterocycles. The molecule has 3 aromatic rings. The maximum atomic E-state index is 13.2. The third-order valence-electron chi connectivity index (χ3n) is 5.62. The molecule has 33 heavy (non-hydrogen) atoms. The van der Waals surface area contributed by atoms with Crippen LogP contribution in [0.5, 0.6) is 11.6 Å². The van der Waals surface area contributed by atoms with E-state index in [1.54, 1.807) is 12.1 Å². The number of hydrogen-bond acceptors (Lipinski definition) is 6. The second kappa shape index (κ2) is 9.37. The molecule has 1 aliphatic carbocycles. The Labute approximate surface area is 195 Å². The van der Waals surface area contributed by atoms with Crippen molar-refractivity contribution in [1.29, 1.82) is 5.41 Å². The van der Waals surface area contributed by atoms with Gasteiger partial charge >= 0.3 is 0 Å². The Morgan fingerprint density at radius 3 is 2.52 bits per heavy atom. The molecule has 178 valence electrons. The number of nitrogens with zero attached hydrogens (tertiary/aromatic N) is 4. The molecule has 0 aliphatic heterocycles. The average Bonchev–Trinajstić information content (AvgIpc) is 3.51. The minimum absolute atomic E-state index is 0. The number of benzene rings is 1. The smallest absolute Gasteiger partial charge is 0.242 e. The molecule has 0 radical (unpaired) electrons. The maximum absolute atomic E-state index is 13.2. The van der Waals surface area contributed by atoms with Crippen molar-refractivity contribution in [3.8, 4) is 11.6 Å².